The number of aromatic nitrogens is 3. The quantitative estimate of drug-likeness (QED) is 0.894. The van der Waals surface area contributed by atoms with Gasteiger partial charge in [0.05, 0.1) is 12.1 Å². The summed E-state index contributed by atoms with van der Waals surface area (Å²) in [7, 11) is 0. The first-order valence-electron chi connectivity index (χ1n) is 4.78. The third-order valence-corrected chi connectivity index (χ3v) is 2.38. The molecule has 0 amide bonds. The number of nitrogens with one attached hydrogen (secondary N) is 1. The van der Waals surface area contributed by atoms with Crippen molar-refractivity contribution in [3.63, 3.8) is 0 Å². The minimum Gasteiger partial charge on any atom is -0.361 e. The molecule has 7 heteroatoms. The molecule has 1 N–H and O–H groups in total. The summed E-state index contributed by atoms with van der Waals surface area (Å²) in [6.45, 7) is 2.04. The molecular weight excluding hydrogens is 242 g/mol. The van der Waals surface area contributed by atoms with Gasteiger partial charge in [-0.25, -0.2) is 4.98 Å². The summed E-state index contributed by atoms with van der Waals surface area (Å²) in [5, 5.41) is 15.7. The maximum absolute atomic E-state index is 8.80. The van der Waals surface area contributed by atoms with Crippen LogP contribution in [0.3, 0.4) is 0 Å². The monoisotopic (exact) mass is 249 g/mol. The third kappa shape index (κ3) is 2.52. The topological polar surface area (TPSA) is 87.6 Å². The summed E-state index contributed by atoms with van der Waals surface area (Å²) in [5.74, 6) is 1.42. The third-order valence-electron chi connectivity index (χ3n) is 1.99. The predicted octanol–water partition coefficient (Wildman–Crippen LogP) is 1.91. The number of aryl methyl sites for hydroxylation is 1. The van der Waals surface area contributed by atoms with Crippen molar-refractivity contribution in [3.05, 3.63) is 34.6 Å². The van der Waals surface area contributed by atoms with Crippen LogP contribution in [0.5, 0.6) is 0 Å². The SMILES string of the molecule is Cc1nc(CNc2nccc(C#N)c2Cl)no1. The van der Waals surface area contributed by atoms with Gasteiger partial charge in [-0.15, -0.1) is 0 Å². The molecule has 0 aliphatic carbocycles. The van der Waals surface area contributed by atoms with E-state index in [1.807, 2.05) is 6.07 Å². The zero-order chi connectivity index (χ0) is 12.3. The molecule has 0 bridgehead atoms. The van der Waals surface area contributed by atoms with Crippen LogP contribution in [0.1, 0.15) is 17.3 Å². The van der Waals surface area contributed by atoms with Crippen molar-refractivity contribution in [2.24, 2.45) is 0 Å². The predicted molar refractivity (Wildman–Crippen MR) is 60.3 cm³/mol. The van der Waals surface area contributed by atoms with Crippen molar-refractivity contribution in [1.29, 1.82) is 5.26 Å². The van der Waals surface area contributed by atoms with Crippen molar-refractivity contribution >= 4 is 17.4 Å². The molecule has 86 valence electrons. The van der Waals surface area contributed by atoms with Gasteiger partial charge in [-0.1, -0.05) is 16.8 Å². The number of rotatable bonds is 3. The zero-order valence-electron chi connectivity index (χ0n) is 8.94. The van der Waals surface area contributed by atoms with E-state index in [1.165, 1.54) is 6.20 Å². The van der Waals surface area contributed by atoms with Crippen molar-refractivity contribution in [2.75, 3.05) is 5.32 Å². The van der Waals surface area contributed by atoms with E-state index < -0.39 is 0 Å². The van der Waals surface area contributed by atoms with Gasteiger partial charge in [0.1, 0.15) is 16.9 Å². The van der Waals surface area contributed by atoms with Gasteiger partial charge in [0, 0.05) is 13.1 Å². The van der Waals surface area contributed by atoms with E-state index >= 15 is 0 Å². The first kappa shape index (κ1) is 11.4. The van der Waals surface area contributed by atoms with Crippen LogP contribution in [0.4, 0.5) is 5.82 Å². The Hall–Kier alpha value is -2.13. The van der Waals surface area contributed by atoms with E-state index in [0.717, 1.165) is 0 Å². The lowest BCUT2D eigenvalue weighted by Gasteiger charge is -2.05. The minimum absolute atomic E-state index is 0.287. The summed E-state index contributed by atoms with van der Waals surface area (Å²) in [6, 6.07) is 3.52. The Morgan fingerprint density at radius 3 is 3.06 bits per heavy atom. The van der Waals surface area contributed by atoms with Crippen LogP contribution >= 0.6 is 11.6 Å². The molecule has 0 aromatic carbocycles. The van der Waals surface area contributed by atoms with E-state index in [9.17, 15) is 0 Å². The summed E-state index contributed by atoms with van der Waals surface area (Å²) in [6.07, 6.45) is 1.51. The number of pyridine rings is 1. The molecule has 0 aliphatic heterocycles. The fourth-order valence-electron chi connectivity index (χ4n) is 1.23. The van der Waals surface area contributed by atoms with Crippen LogP contribution in [0, 0.1) is 18.3 Å². The fourth-order valence-corrected chi connectivity index (χ4v) is 1.45. The summed E-state index contributed by atoms with van der Waals surface area (Å²) < 4.78 is 4.82. The summed E-state index contributed by atoms with van der Waals surface area (Å²) in [5.41, 5.74) is 0.369. The van der Waals surface area contributed by atoms with E-state index in [1.54, 1.807) is 13.0 Å². The Morgan fingerprint density at radius 1 is 1.59 bits per heavy atom. The first-order valence-corrected chi connectivity index (χ1v) is 5.16. The van der Waals surface area contributed by atoms with Crippen molar-refractivity contribution < 1.29 is 4.52 Å². The van der Waals surface area contributed by atoms with Gasteiger partial charge in [0.25, 0.3) is 0 Å². The molecule has 0 radical (unpaired) electrons. The molecule has 2 aromatic heterocycles. The number of anilines is 1. The molecule has 0 atom stereocenters. The van der Waals surface area contributed by atoms with Gasteiger partial charge in [-0.3, -0.25) is 0 Å². The van der Waals surface area contributed by atoms with Gasteiger partial charge in [0.2, 0.25) is 5.89 Å². The van der Waals surface area contributed by atoms with Crippen LogP contribution in [0.2, 0.25) is 5.02 Å². The molecule has 0 unspecified atom stereocenters. The van der Waals surface area contributed by atoms with Crippen molar-refractivity contribution in [2.45, 2.75) is 13.5 Å². The van der Waals surface area contributed by atoms with E-state index in [0.29, 0.717) is 29.6 Å². The van der Waals surface area contributed by atoms with Crippen LogP contribution in [0.25, 0.3) is 0 Å². The average Bonchev–Trinajstić information content (AvgIpc) is 2.74. The number of nitrogens with zero attached hydrogens (tertiary/aromatic N) is 4. The Bertz CT molecular complexity index is 574. The molecule has 2 aromatic rings. The van der Waals surface area contributed by atoms with Gasteiger partial charge < -0.3 is 9.84 Å². The number of nitriles is 1. The molecule has 0 saturated heterocycles. The Kier molecular flexibility index (Phi) is 3.21. The fraction of sp³-hybridized carbons (Fsp3) is 0.200. The maximum atomic E-state index is 8.80. The van der Waals surface area contributed by atoms with Crippen molar-refractivity contribution in [1.82, 2.24) is 15.1 Å². The zero-order valence-corrected chi connectivity index (χ0v) is 9.69. The van der Waals surface area contributed by atoms with Gasteiger partial charge in [0.15, 0.2) is 5.82 Å². The molecule has 0 aliphatic rings. The highest BCUT2D eigenvalue weighted by molar-refractivity contribution is 6.34. The van der Waals surface area contributed by atoms with E-state index in [4.69, 9.17) is 21.4 Å². The van der Waals surface area contributed by atoms with Crippen LogP contribution in [-0.4, -0.2) is 15.1 Å². The van der Waals surface area contributed by atoms with Crippen LogP contribution in [0.15, 0.2) is 16.8 Å². The standard InChI is InChI=1S/C10H8ClN5O/c1-6-15-8(16-17-6)5-14-10-9(11)7(4-12)2-3-13-10/h2-3H,5H2,1H3,(H,13,14). The highest BCUT2D eigenvalue weighted by atomic mass is 35.5. The van der Waals surface area contributed by atoms with Gasteiger partial charge in [-0.2, -0.15) is 10.2 Å². The largest absolute Gasteiger partial charge is 0.361 e. The second kappa shape index (κ2) is 4.80. The highest BCUT2D eigenvalue weighted by Gasteiger charge is 2.08. The van der Waals surface area contributed by atoms with E-state index in [-0.39, 0.29) is 5.02 Å². The normalized spacial score (nSPS) is 9.94. The lowest BCUT2D eigenvalue weighted by atomic mass is 10.3. The smallest absolute Gasteiger partial charge is 0.223 e. The van der Waals surface area contributed by atoms with Gasteiger partial charge in [-0.05, 0) is 6.07 Å². The summed E-state index contributed by atoms with van der Waals surface area (Å²) in [4.78, 5) is 8.05. The maximum Gasteiger partial charge on any atom is 0.223 e. The van der Waals surface area contributed by atoms with Crippen LogP contribution < -0.4 is 5.32 Å². The molecule has 2 rings (SSSR count). The number of hydrogen-bond donors (Lipinski definition) is 1. The lowest BCUT2D eigenvalue weighted by Crippen LogP contribution is -2.04. The molecule has 0 fully saturated rings. The molecule has 0 spiro atoms. The van der Waals surface area contributed by atoms with E-state index in [2.05, 4.69) is 20.4 Å². The molecule has 2 heterocycles. The number of hydrogen-bond acceptors (Lipinski definition) is 6. The lowest BCUT2D eigenvalue weighted by molar-refractivity contribution is 0.388. The molecule has 0 saturated carbocycles. The second-order valence-electron chi connectivity index (χ2n) is 3.22. The van der Waals surface area contributed by atoms with Crippen LogP contribution in [-0.2, 0) is 6.54 Å². The van der Waals surface area contributed by atoms with Gasteiger partial charge >= 0.3 is 0 Å². The number of halogens is 1. The Balaban J connectivity index is 2.12. The first-order chi connectivity index (χ1) is 8.20. The Morgan fingerprint density at radius 2 is 2.41 bits per heavy atom. The average molecular weight is 250 g/mol. The molecule has 17 heavy (non-hydrogen) atoms. The van der Waals surface area contributed by atoms with Crippen molar-refractivity contribution in [3.8, 4) is 6.07 Å². The highest BCUT2D eigenvalue weighted by Crippen LogP contribution is 2.22. The molecule has 6 nitrogen and oxygen atoms in total. The second-order valence-corrected chi connectivity index (χ2v) is 3.59. The minimum atomic E-state index is 0.287. The summed E-state index contributed by atoms with van der Waals surface area (Å²) >= 11 is 5.97. The molecular formula is C10H8ClN5O. The Labute approximate surface area is 102 Å².